The zero-order valence-corrected chi connectivity index (χ0v) is 21.3. The van der Waals surface area contributed by atoms with Gasteiger partial charge in [0.25, 0.3) is 0 Å². The number of aromatic nitrogens is 3. The predicted molar refractivity (Wildman–Crippen MR) is 127 cm³/mol. The minimum Gasteiger partial charge on any atom is -0.478 e. The van der Waals surface area contributed by atoms with Crippen LogP contribution >= 0.6 is 0 Å². The monoisotopic (exact) mass is 583 g/mol. The molecule has 11 nitrogen and oxygen atoms in total. The van der Waals surface area contributed by atoms with Crippen molar-refractivity contribution < 1.29 is 55.6 Å². The summed E-state index contributed by atoms with van der Waals surface area (Å²) < 4.78 is 75.4. The molecule has 0 radical (unpaired) electrons. The summed E-state index contributed by atoms with van der Waals surface area (Å²) in [4.78, 5) is 35.0. The summed E-state index contributed by atoms with van der Waals surface area (Å²) in [5, 5.41) is 14.2. The lowest BCUT2D eigenvalue weighted by atomic mass is 9.79. The number of halogens is 6. The SMILES string of the molecule is CN(C)c1cc(N2CC3(C2)OCCC3CCOc2ccccn2)ncn1.O=C(O)C(F)(F)F.O=C(O)C(F)(F)F. The molecule has 40 heavy (non-hydrogen) atoms. The number of hydrogen-bond donors (Lipinski definition) is 2. The molecule has 4 rings (SSSR count). The Morgan fingerprint density at radius 1 is 1.07 bits per heavy atom. The van der Waals surface area contributed by atoms with Crippen LogP contribution in [0.3, 0.4) is 0 Å². The molecule has 17 heteroatoms. The molecule has 0 amide bonds. The van der Waals surface area contributed by atoms with E-state index in [9.17, 15) is 26.3 Å². The van der Waals surface area contributed by atoms with Gasteiger partial charge < -0.3 is 29.5 Å². The number of anilines is 2. The van der Waals surface area contributed by atoms with Crippen LogP contribution < -0.4 is 14.5 Å². The third kappa shape index (κ3) is 9.39. The molecule has 1 unspecified atom stereocenters. The van der Waals surface area contributed by atoms with Crippen molar-refractivity contribution in [2.75, 3.05) is 50.2 Å². The van der Waals surface area contributed by atoms with Gasteiger partial charge in [-0.3, -0.25) is 0 Å². The molecular weight excluding hydrogens is 556 g/mol. The van der Waals surface area contributed by atoms with Crippen molar-refractivity contribution >= 4 is 23.6 Å². The lowest BCUT2D eigenvalue weighted by Gasteiger charge is -2.50. The van der Waals surface area contributed by atoms with E-state index in [0.717, 1.165) is 44.2 Å². The first-order valence-electron chi connectivity index (χ1n) is 11.6. The smallest absolute Gasteiger partial charge is 0.478 e. The molecule has 2 aliphatic rings. The molecule has 2 aromatic rings. The van der Waals surface area contributed by atoms with Gasteiger partial charge in [-0.2, -0.15) is 26.3 Å². The van der Waals surface area contributed by atoms with Crippen LogP contribution in [0, 0.1) is 5.92 Å². The highest BCUT2D eigenvalue weighted by molar-refractivity contribution is 5.73. The number of carboxylic acids is 2. The second-order valence-corrected chi connectivity index (χ2v) is 8.79. The minimum absolute atomic E-state index is 0.0588. The van der Waals surface area contributed by atoms with Gasteiger partial charge >= 0.3 is 24.3 Å². The highest BCUT2D eigenvalue weighted by Gasteiger charge is 2.53. The van der Waals surface area contributed by atoms with Crippen LogP contribution in [0.15, 0.2) is 36.8 Å². The maximum atomic E-state index is 10.6. The zero-order chi connectivity index (χ0) is 30.1. The van der Waals surface area contributed by atoms with Crippen LogP contribution in [0.25, 0.3) is 0 Å². The number of rotatable bonds is 6. The molecule has 0 bridgehead atoms. The summed E-state index contributed by atoms with van der Waals surface area (Å²) in [6.07, 6.45) is -4.71. The standard InChI is InChI=1S/C19H25N5O2.2C2HF3O2/c1-23(2)16-11-17(22-14-21-16)24-12-19(13-24)15(7-10-26-19)6-9-25-18-5-3-4-8-20-18;2*3-2(4,5)1(6)7/h3-5,8,11,14-15H,6-7,9-10,12-13H2,1-2H3;2*(H,6,7). The fourth-order valence-electron chi connectivity index (χ4n) is 3.80. The van der Waals surface area contributed by atoms with Crippen molar-refractivity contribution in [2.45, 2.75) is 30.8 Å². The minimum atomic E-state index is -5.08. The molecule has 2 aliphatic heterocycles. The fourth-order valence-corrected chi connectivity index (χ4v) is 3.80. The van der Waals surface area contributed by atoms with Crippen LogP contribution in [0.2, 0.25) is 0 Å². The highest BCUT2D eigenvalue weighted by Crippen LogP contribution is 2.43. The van der Waals surface area contributed by atoms with Crippen molar-refractivity contribution in [1.82, 2.24) is 15.0 Å². The lowest BCUT2D eigenvalue weighted by Crippen LogP contribution is -2.65. The second kappa shape index (κ2) is 13.5. The highest BCUT2D eigenvalue weighted by atomic mass is 19.4. The lowest BCUT2D eigenvalue weighted by molar-refractivity contribution is -0.193. The number of carbonyl (C=O) groups is 2. The Hall–Kier alpha value is -3.89. The molecule has 1 atom stereocenters. The van der Waals surface area contributed by atoms with Gasteiger partial charge in [0.15, 0.2) is 0 Å². The summed E-state index contributed by atoms with van der Waals surface area (Å²) in [6, 6.07) is 7.75. The number of aliphatic carboxylic acids is 2. The van der Waals surface area contributed by atoms with E-state index in [0.29, 0.717) is 18.4 Å². The largest absolute Gasteiger partial charge is 0.490 e. The first kappa shape index (κ1) is 32.3. The van der Waals surface area contributed by atoms with Crippen LogP contribution in [0.4, 0.5) is 38.0 Å². The van der Waals surface area contributed by atoms with Gasteiger partial charge in [0, 0.05) is 39.0 Å². The summed E-state index contributed by atoms with van der Waals surface area (Å²) in [7, 11) is 3.98. The first-order chi connectivity index (χ1) is 18.5. The third-order valence-corrected chi connectivity index (χ3v) is 5.78. The van der Waals surface area contributed by atoms with Crippen molar-refractivity contribution in [1.29, 1.82) is 0 Å². The Labute approximate surface area is 224 Å². The first-order valence-corrected chi connectivity index (χ1v) is 11.6. The Bertz CT molecular complexity index is 1090. The van der Waals surface area contributed by atoms with Crippen molar-refractivity contribution in [3.63, 3.8) is 0 Å². The number of carboxylic acid groups (broad SMARTS) is 2. The van der Waals surface area contributed by atoms with E-state index in [1.54, 1.807) is 12.5 Å². The van der Waals surface area contributed by atoms with Crippen LogP contribution in [-0.4, -0.2) is 95.5 Å². The van der Waals surface area contributed by atoms with Gasteiger partial charge in [0.1, 0.15) is 23.6 Å². The van der Waals surface area contributed by atoms with E-state index in [1.807, 2.05) is 43.3 Å². The molecule has 222 valence electrons. The van der Waals surface area contributed by atoms with Crippen LogP contribution in [-0.2, 0) is 14.3 Å². The Morgan fingerprint density at radius 3 is 2.17 bits per heavy atom. The number of hydrogen-bond acceptors (Lipinski definition) is 9. The topological polar surface area (TPSA) is 138 Å². The third-order valence-electron chi connectivity index (χ3n) is 5.78. The fraction of sp³-hybridized carbons (Fsp3) is 0.522. The van der Waals surface area contributed by atoms with Crippen molar-refractivity contribution in [3.05, 3.63) is 36.8 Å². The van der Waals surface area contributed by atoms with E-state index < -0.39 is 24.3 Å². The molecule has 2 N–H and O–H groups in total. The molecule has 2 fully saturated rings. The van der Waals surface area contributed by atoms with Crippen molar-refractivity contribution in [2.24, 2.45) is 5.92 Å². The van der Waals surface area contributed by atoms with E-state index in [1.165, 1.54) is 0 Å². The average molecular weight is 583 g/mol. The average Bonchev–Trinajstić information content (AvgIpc) is 3.27. The van der Waals surface area contributed by atoms with Gasteiger partial charge in [0.05, 0.1) is 19.7 Å². The van der Waals surface area contributed by atoms with Gasteiger partial charge in [-0.25, -0.2) is 24.5 Å². The quantitative estimate of drug-likeness (QED) is 0.485. The second-order valence-electron chi connectivity index (χ2n) is 8.79. The summed E-state index contributed by atoms with van der Waals surface area (Å²) in [6.45, 7) is 3.26. The maximum Gasteiger partial charge on any atom is 0.490 e. The normalized spacial score (nSPS) is 17.5. The van der Waals surface area contributed by atoms with E-state index in [2.05, 4.69) is 19.9 Å². The van der Waals surface area contributed by atoms with Crippen molar-refractivity contribution in [3.8, 4) is 5.88 Å². The van der Waals surface area contributed by atoms with Crippen LogP contribution in [0.1, 0.15) is 12.8 Å². The molecule has 2 saturated heterocycles. The van der Waals surface area contributed by atoms with Gasteiger partial charge in [-0.15, -0.1) is 0 Å². The molecule has 0 saturated carbocycles. The number of pyridine rings is 1. The molecular formula is C23H27F6N5O6. The molecule has 4 heterocycles. The zero-order valence-electron chi connectivity index (χ0n) is 21.3. The van der Waals surface area contributed by atoms with Gasteiger partial charge in [-0.05, 0) is 24.8 Å². The Balaban J connectivity index is 0.000000333. The molecule has 0 aliphatic carbocycles. The summed E-state index contributed by atoms with van der Waals surface area (Å²) in [5.74, 6) is -2.43. The maximum absolute atomic E-state index is 10.6. The summed E-state index contributed by atoms with van der Waals surface area (Å²) >= 11 is 0. The van der Waals surface area contributed by atoms with Gasteiger partial charge in [0.2, 0.25) is 5.88 Å². The Morgan fingerprint density at radius 2 is 1.68 bits per heavy atom. The van der Waals surface area contributed by atoms with E-state index >= 15 is 0 Å². The van der Waals surface area contributed by atoms with Crippen LogP contribution in [0.5, 0.6) is 5.88 Å². The predicted octanol–water partition coefficient (Wildman–Crippen LogP) is 3.27. The van der Waals surface area contributed by atoms with E-state index in [-0.39, 0.29) is 5.60 Å². The number of nitrogens with zero attached hydrogens (tertiary/aromatic N) is 5. The van der Waals surface area contributed by atoms with Gasteiger partial charge in [-0.1, -0.05) is 6.07 Å². The Kier molecular flexibility index (Phi) is 10.9. The van der Waals surface area contributed by atoms with E-state index in [4.69, 9.17) is 29.3 Å². The molecule has 0 aromatic carbocycles. The summed E-state index contributed by atoms with van der Waals surface area (Å²) in [5.41, 5.74) is -0.0588. The molecule has 1 spiro atoms. The number of ether oxygens (including phenoxy) is 2. The molecule has 2 aromatic heterocycles. The number of alkyl halides is 6.